The topological polar surface area (TPSA) is 41.6 Å². The molecule has 0 aliphatic carbocycles. The summed E-state index contributed by atoms with van der Waals surface area (Å²) >= 11 is 0. The Labute approximate surface area is 171 Å². The SMILES string of the molecule is O=C(/C=C/Nc1ccc(N2CCOCC2)cc1)c1ccc(-c2ccccc2)cc1. The maximum atomic E-state index is 12.4. The van der Waals surface area contributed by atoms with Gasteiger partial charge in [-0.1, -0.05) is 54.6 Å². The molecule has 3 aromatic carbocycles. The fraction of sp³-hybridized carbons (Fsp3) is 0.160. The highest BCUT2D eigenvalue weighted by atomic mass is 16.5. The number of ether oxygens (including phenoxy) is 1. The molecule has 0 unspecified atom stereocenters. The van der Waals surface area contributed by atoms with Crippen molar-refractivity contribution in [3.8, 4) is 11.1 Å². The number of carbonyl (C=O) groups excluding carboxylic acids is 1. The molecule has 0 radical (unpaired) electrons. The maximum absolute atomic E-state index is 12.4. The van der Waals surface area contributed by atoms with Crippen LogP contribution in [-0.2, 0) is 4.74 Å². The predicted molar refractivity (Wildman–Crippen MR) is 118 cm³/mol. The molecule has 0 saturated carbocycles. The van der Waals surface area contributed by atoms with E-state index in [9.17, 15) is 4.79 Å². The van der Waals surface area contributed by atoms with E-state index in [2.05, 4.69) is 34.5 Å². The van der Waals surface area contributed by atoms with Gasteiger partial charge in [0.05, 0.1) is 13.2 Å². The number of ketones is 1. The second-order valence-electron chi connectivity index (χ2n) is 6.93. The molecule has 1 heterocycles. The Balaban J connectivity index is 1.33. The van der Waals surface area contributed by atoms with Crippen LogP contribution in [0.1, 0.15) is 10.4 Å². The third kappa shape index (κ3) is 4.92. The highest BCUT2D eigenvalue weighted by molar-refractivity contribution is 6.04. The summed E-state index contributed by atoms with van der Waals surface area (Å²) in [6.45, 7) is 3.39. The Kier molecular flexibility index (Phi) is 6.03. The van der Waals surface area contributed by atoms with Gasteiger partial charge in [0.1, 0.15) is 0 Å². The van der Waals surface area contributed by atoms with Crippen LogP contribution in [0.2, 0.25) is 0 Å². The molecule has 4 nitrogen and oxygen atoms in total. The minimum Gasteiger partial charge on any atom is -0.378 e. The van der Waals surface area contributed by atoms with E-state index in [1.807, 2.05) is 54.6 Å². The van der Waals surface area contributed by atoms with Crippen LogP contribution < -0.4 is 10.2 Å². The van der Waals surface area contributed by atoms with E-state index in [0.717, 1.165) is 43.1 Å². The van der Waals surface area contributed by atoms with E-state index in [1.165, 1.54) is 5.69 Å². The zero-order chi connectivity index (χ0) is 19.9. The molecule has 1 aliphatic heterocycles. The van der Waals surface area contributed by atoms with Crippen LogP contribution in [0.5, 0.6) is 0 Å². The molecule has 0 aromatic heterocycles. The predicted octanol–water partition coefficient (Wildman–Crippen LogP) is 5.00. The minimum absolute atomic E-state index is 0.0259. The molecule has 4 heteroatoms. The lowest BCUT2D eigenvalue weighted by atomic mass is 10.0. The molecule has 1 fully saturated rings. The summed E-state index contributed by atoms with van der Waals surface area (Å²) in [5.74, 6) is -0.0259. The van der Waals surface area contributed by atoms with Gasteiger partial charge in [0, 0.05) is 42.3 Å². The molecular formula is C25H24N2O2. The monoisotopic (exact) mass is 384 g/mol. The van der Waals surface area contributed by atoms with Crippen LogP contribution in [-0.4, -0.2) is 32.1 Å². The Bertz CT molecular complexity index is 958. The van der Waals surface area contributed by atoms with Gasteiger partial charge < -0.3 is 15.0 Å². The number of rotatable bonds is 6. The Hall–Kier alpha value is -3.37. The maximum Gasteiger partial charge on any atom is 0.187 e. The molecule has 0 atom stereocenters. The molecule has 4 rings (SSSR count). The van der Waals surface area contributed by atoms with E-state index in [4.69, 9.17) is 4.74 Å². The summed E-state index contributed by atoms with van der Waals surface area (Å²) in [5.41, 5.74) is 5.06. The van der Waals surface area contributed by atoms with Crippen molar-refractivity contribution in [2.45, 2.75) is 0 Å². The number of hydrogen-bond acceptors (Lipinski definition) is 4. The Morgan fingerprint density at radius 1 is 0.828 bits per heavy atom. The van der Waals surface area contributed by atoms with Crippen molar-refractivity contribution in [1.29, 1.82) is 0 Å². The average molecular weight is 384 g/mol. The van der Waals surface area contributed by atoms with Gasteiger partial charge in [0.15, 0.2) is 5.78 Å². The lowest BCUT2D eigenvalue weighted by molar-refractivity contribution is 0.104. The number of morpholine rings is 1. The number of hydrogen-bond donors (Lipinski definition) is 1. The number of nitrogens with zero attached hydrogens (tertiary/aromatic N) is 1. The van der Waals surface area contributed by atoms with Gasteiger partial charge in [0.25, 0.3) is 0 Å². The number of carbonyl (C=O) groups is 1. The Morgan fingerprint density at radius 2 is 1.48 bits per heavy atom. The molecular weight excluding hydrogens is 360 g/mol. The summed E-state index contributed by atoms with van der Waals surface area (Å²) in [6, 6.07) is 26.1. The average Bonchev–Trinajstić information content (AvgIpc) is 2.81. The summed E-state index contributed by atoms with van der Waals surface area (Å²) in [5, 5.41) is 3.17. The van der Waals surface area contributed by atoms with Gasteiger partial charge in [-0.15, -0.1) is 0 Å². The van der Waals surface area contributed by atoms with Crippen LogP contribution in [0.3, 0.4) is 0 Å². The molecule has 1 N–H and O–H groups in total. The summed E-state index contributed by atoms with van der Waals surface area (Å²) in [4.78, 5) is 14.7. The van der Waals surface area contributed by atoms with E-state index in [0.29, 0.717) is 5.56 Å². The molecule has 1 saturated heterocycles. The largest absolute Gasteiger partial charge is 0.378 e. The third-order valence-corrected chi connectivity index (χ3v) is 5.00. The molecule has 146 valence electrons. The fourth-order valence-electron chi connectivity index (χ4n) is 3.36. The zero-order valence-electron chi connectivity index (χ0n) is 16.3. The van der Waals surface area contributed by atoms with Crippen LogP contribution in [0.25, 0.3) is 11.1 Å². The normalized spacial score (nSPS) is 14.1. The van der Waals surface area contributed by atoms with Crippen molar-refractivity contribution in [2.75, 3.05) is 36.5 Å². The quantitative estimate of drug-likeness (QED) is 0.480. The number of nitrogens with one attached hydrogen (secondary N) is 1. The van der Waals surface area contributed by atoms with Crippen molar-refractivity contribution in [3.05, 3.63) is 96.7 Å². The highest BCUT2D eigenvalue weighted by Crippen LogP contribution is 2.20. The third-order valence-electron chi connectivity index (χ3n) is 5.00. The van der Waals surface area contributed by atoms with E-state index in [1.54, 1.807) is 12.3 Å². The van der Waals surface area contributed by atoms with Gasteiger partial charge in [-0.25, -0.2) is 0 Å². The molecule has 3 aromatic rings. The van der Waals surface area contributed by atoms with Crippen molar-refractivity contribution < 1.29 is 9.53 Å². The zero-order valence-corrected chi connectivity index (χ0v) is 16.3. The minimum atomic E-state index is -0.0259. The number of benzene rings is 3. The standard InChI is InChI=1S/C25H24N2O2/c28-25(22-8-6-21(7-9-22)20-4-2-1-3-5-20)14-15-26-23-10-12-24(13-11-23)27-16-18-29-19-17-27/h1-15,26H,16-19H2/b15-14+. The molecule has 0 amide bonds. The molecule has 0 spiro atoms. The number of anilines is 2. The van der Waals surface area contributed by atoms with E-state index < -0.39 is 0 Å². The fourth-order valence-corrected chi connectivity index (χ4v) is 3.36. The lowest BCUT2D eigenvalue weighted by Crippen LogP contribution is -2.36. The van der Waals surface area contributed by atoms with Crippen molar-refractivity contribution in [3.63, 3.8) is 0 Å². The first-order chi connectivity index (χ1) is 14.3. The van der Waals surface area contributed by atoms with Crippen LogP contribution >= 0.6 is 0 Å². The van der Waals surface area contributed by atoms with Crippen LogP contribution in [0.15, 0.2) is 91.1 Å². The first-order valence-corrected chi connectivity index (χ1v) is 9.85. The van der Waals surface area contributed by atoms with Crippen molar-refractivity contribution >= 4 is 17.2 Å². The van der Waals surface area contributed by atoms with Crippen LogP contribution in [0.4, 0.5) is 11.4 Å². The van der Waals surface area contributed by atoms with Gasteiger partial charge in [-0.05, 0) is 35.4 Å². The summed E-state index contributed by atoms with van der Waals surface area (Å²) in [6.07, 6.45) is 3.25. The van der Waals surface area contributed by atoms with E-state index >= 15 is 0 Å². The van der Waals surface area contributed by atoms with Gasteiger partial charge in [-0.2, -0.15) is 0 Å². The van der Waals surface area contributed by atoms with Gasteiger partial charge in [0.2, 0.25) is 0 Å². The molecule has 1 aliphatic rings. The van der Waals surface area contributed by atoms with Gasteiger partial charge in [-0.3, -0.25) is 4.79 Å². The lowest BCUT2D eigenvalue weighted by Gasteiger charge is -2.28. The van der Waals surface area contributed by atoms with Crippen LogP contribution in [0, 0.1) is 0 Å². The smallest absolute Gasteiger partial charge is 0.187 e. The summed E-state index contributed by atoms with van der Waals surface area (Å²) in [7, 11) is 0. The summed E-state index contributed by atoms with van der Waals surface area (Å²) < 4.78 is 5.39. The second-order valence-corrected chi connectivity index (χ2v) is 6.93. The highest BCUT2D eigenvalue weighted by Gasteiger charge is 2.10. The van der Waals surface area contributed by atoms with Crippen molar-refractivity contribution in [2.24, 2.45) is 0 Å². The molecule has 29 heavy (non-hydrogen) atoms. The number of allylic oxidation sites excluding steroid dienone is 1. The second kappa shape index (κ2) is 9.22. The molecule has 0 bridgehead atoms. The van der Waals surface area contributed by atoms with Gasteiger partial charge >= 0.3 is 0 Å². The first-order valence-electron chi connectivity index (χ1n) is 9.85. The van der Waals surface area contributed by atoms with E-state index in [-0.39, 0.29) is 5.78 Å². The Morgan fingerprint density at radius 3 is 2.17 bits per heavy atom. The van der Waals surface area contributed by atoms with Crippen molar-refractivity contribution in [1.82, 2.24) is 0 Å². The first kappa shape index (κ1) is 19.0.